The van der Waals surface area contributed by atoms with Gasteiger partial charge in [0.2, 0.25) is 0 Å². The normalized spacial score (nSPS) is 6.11. The number of aliphatic hydroxyl groups is 1. The molecule has 0 atom stereocenters. The van der Waals surface area contributed by atoms with Gasteiger partial charge in [-0.1, -0.05) is 6.92 Å². The molecular weight excluding hydrogens is 122 g/mol. The van der Waals surface area contributed by atoms with Crippen LogP contribution in [-0.4, -0.2) is 17.7 Å². The molecule has 0 aliphatic carbocycles. The third-order valence-electron chi connectivity index (χ3n) is 0.289. The molecule has 0 fully saturated rings. The highest BCUT2D eigenvalue weighted by Crippen LogP contribution is 1.61. The van der Waals surface area contributed by atoms with Gasteiger partial charge >= 0.3 is 0 Å². The van der Waals surface area contributed by atoms with Crippen molar-refractivity contribution >= 4 is 5.97 Å². The summed E-state index contributed by atoms with van der Waals surface area (Å²) < 4.78 is 0. The van der Waals surface area contributed by atoms with E-state index in [4.69, 9.17) is 5.11 Å². The molecule has 0 heterocycles. The monoisotopic (exact) mass is 137 g/mol. The van der Waals surface area contributed by atoms with Crippen LogP contribution in [0.3, 0.4) is 0 Å². The third kappa shape index (κ3) is 111. The van der Waals surface area contributed by atoms with E-state index in [-0.39, 0.29) is 19.2 Å². The molecule has 9 heavy (non-hydrogen) atoms. The predicted molar refractivity (Wildman–Crippen MR) is 34.0 cm³/mol. The molecule has 0 aliphatic heterocycles. The fourth-order valence-corrected chi connectivity index (χ4v) is 0. The Morgan fingerprint density at radius 2 is 1.67 bits per heavy atom. The summed E-state index contributed by atoms with van der Waals surface area (Å²) >= 11 is 0. The number of carbonyl (C=O) groups is 1. The van der Waals surface area contributed by atoms with E-state index < -0.39 is 5.97 Å². The van der Waals surface area contributed by atoms with Gasteiger partial charge in [0.25, 0.3) is 0 Å². The first-order valence-corrected chi connectivity index (χ1v) is 2.49. The minimum Gasteiger partial charge on any atom is -0.550 e. The maximum absolute atomic E-state index is 9.26. The second-order valence-corrected chi connectivity index (χ2v) is 1.04. The molecular formula is C5H15NO3. The Kier molecular flexibility index (Phi) is 27.4. The molecule has 0 aromatic carbocycles. The van der Waals surface area contributed by atoms with Crippen molar-refractivity contribution in [2.45, 2.75) is 20.3 Å². The summed E-state index contributed by atoms with van der Waals surface area (Å²) in [6.45, 7) is 3.47. The quantitative estimate of drug-likeness (QED) is 0.510. The van der Waals surface area contributed by atoms with Crippen molar-refractivity contribution in [1.82, 2.24) is 6.15 Å². The van der Waals surface area contributed by atoms with Crippen molar-refractivity contribution in [2.75, 3.05) is 6.61 Å². The van der Waals surface area contributed by atoms with Crippen molar-refractivity contribution < 1.29 is 15.0 Å². The molecule has 0 spiro atoms. The van der Waals surface area contributed by atoms with Gasteiger partial charge in [0.1, 0.15) is 0 Å². The average molecular weight is 137 g/mol. The number of rotatable bonds is 1. The van der Waals surface area contributed by atoms with Crippen LogP contribution in [0.15, 0.2) is 0 Å². The van der Waals surface area contributed by atoms with E-state index in [0.29, 0.717) is 0 Å². The number of quaternary nitrogens is 1. The molecule has 0 saturated heterocycles. The van der Waals surface area contributed by atoms with Gasteiger partial charge in [0.05, 0.1) is 0 Å². The summed E-state index contributed by atoms with van der Waals surface area (Å²) in [5.41, 5.74) is 0. The maximum Gasteiger partial charge on any atom is 0.0411 e. The van der Waals surface area contributed by atoms with E-state index in [9.17, 15) is 9.90 Å². The Hall–Kier alpha value is -0.610. The van der Waals surface area contributed by atoms with E-state index >= 15 is 0 Å². The van der Waals surface area contributed by atoms with Crippen LogP contribution in [0, 0.1) is 0 Å². The van der Waals surface area contributed by atoms with Gasteiger partial charge in [0.15, 0.2) is 0 Å². The van der Waals surface area contributed by atoms with Crippen LogP contribution in [0.1, 0.15) is 20.3 Å². The molecule has 0 radical (unpaired) electrons. The first-order valence-electron chi connectivity index (χ1n) is 2.49. The topological polar surface area (TPSA) is 96.9 Å². The van der Waals surface area contributed by atoms with Crippen molar-refractivity contribution in [2.24, 2.45) is 0 Å². The van der Waals surface area contributed by atoms with Gasteiger partial charge in [0, 0.05) is 12.6 Å². The zero-order valence-electron chi connectivity index (χ0n) is 6.18. The number of aliphatic carboxylic acids is 1. The van der Waals surface area contributed by atoms with E-state index in [2.05, 4.69) is 0 Å². The molecule has 5 N–H and O–H groups in total. The molecule has 0 aromatic heterocycles. The zero-order chi connectivity index (χ0) is 6.99. The summed E-state index contributed by atoms with van der Waals surface area (Å²) in [7, 11) is 0. The number of aliphatic hydroxyl groups excluding tert-OH is 1. The second-order valence-electron chi connectivity index (χ2n) is 1.04. The molecule has 0 saturated carbocycles. The lowest BCUT2D eigenvalue weighted by Crippen LogP contribution is -2.19. The second kappa shape index (κ2) is 15.7. The number of hydrogen-bond donors (Lipinski definition) is 2. The molecule has 0 aromatic rings. The Morgan fingerprint density at radius 1 is 1.56 bits per heavy atom. The zero-order valence-corrected chi connectivity index (χ0v) is 6.18. The van der Waals surface area contributed by atoms with Crippen molar-refractivity contribution in [3.05, 3.63) is 0 Å². The van der Waals surface area contributed by atoms with Gasteiger partial charge in [-0.2, -0.15) is 0 Å². The lowest BCUT2D eigenvalue weighted by Gasteiger charge is -1.87. The van der Waals surface area contributed by atoms with Crippen LogP contribution in [0.5, 0.6) is 0 Å². The fraction of sp³-hybridized carbons (Fsp3) is 0.800. The number of carboxylic acid groups (broad SMARTS) is 1. The number of carboxylic acids is 1. The Bertz CT molecular complexity index is 56.2. The van der Waals surface area contributed by atoms with Gasteiger partial charge in [-0.05, 0) is 13.3 Å². The highest BCUT2D eigenvalue weighted by Gasteiger charge is 1.65. The minimum atomic E-state index is -0.995. The first kappa shape index (κ1) is 15.8. The van der Waals surface area contributed by atoms with Crippen LogP contribution < -0.4 is 11.3 Å². The van der Waals surface area contributed by atoms with Gasteiger partial charge in [-0.15, -0.1) is 0 Å². The van der Waals surface area contributed by atoms with Crippen molar-refractivity contribution in [3.8, 4) is 0 Å². The Balaban J connectivity index is -0.0000000800. The van der Waals surface area contributed by atoms with Crippen LogP contribution in [-0.2, 0) is 4.79 Å². The number of carbonyl (C=O) groups excluding carboxylic acids is 1. The van der Waals surface area contributed by atoms with E-state index in [1.165, 1.54) is 6.92 Å². The summed E-state index contributed by atoms with van der Waals surface area (Å²) in [6.07, 6.45) is 0.111. The lowest BCUT2D eigenvalue weighted by molar-refractivity contribution is -0.305. The molecule has 0 aliphatic rings. The van der Waals surface area contributed by atoms with Crippen LogP contribution in [0.2, 0.25) is 0 Å². The average Bonchev–Trinajstić information content (AvgIpc) is 1.69. The predicted octanol–water partition coefficient (Wildman–Crippen LogP) is -0.479. The fourth-order valence-electron chi connectivity index (χ4n) is 0. The van der Waals surface area contributed by atoms with Crippen LogP contribution >= 0.6 is 0 Å². The summed E-state index contributed by atoms with van der Waals surface area (Å²) in [4.78, 5) is 9.26. The summed E-state index contributed by atoms with van der Waals surface area (Å²) in [6, 6.07) is 0. The molecule has 0 rings (SSSR count). The van der Waals surface area contributed by atoms with E-state index in [1.807, 2.05) is 0 Å². The molecule has 4 nitrogen and oxygen atoms in total. The highest BCUT2D eigenvalue weighted by atomic mass is 16.4. The van der Waals surface area contributed by atoms with Crippen LogP contribution in [0.25, 0.3) is 0 Å². The first-order chi connectivity index (χ1) is 3.68. The SMILES string of the molecule is CCC(=O)[O-].CCO.[NH4+]. The summed E-state index contributed by atoms with van der Waals surface area (Å²) in [5, 5.41) is 16.8. The van der Waals surface area contributed by atoms with Gasteiger partial charge < -0.3 is 21.2 Å². The molecule has 4 heteroatoms. The van der Waals surface area contributed by atoms with E-state index in [1.54, 1.807) is 6.92 Å². The molecule has 0 unspecified atom stereocenters. The van der Waals surface area contributed by atoms with Crippen molar-refractivity contribution in [1.29, 1.82) is 0 Å². The van der Waals surface area contributed by atoms with Crippen molar-refractivity contribution in [3.63, 3.8) is 0 Å². The standard InChI is InChI=1S/C3H6O2.C2H6O.H3N/c1-2-3(4)5;1-2-3;/h2H2,1H3,(H,4,5);3H,2H2,1H3;1H3. The highest BCUT2D eigenvalue weighted by molar-refractivity contribution is 5.63. The molecule has 0 amide bonds. The smallest absolute Gasteiger partial charge is 0.0411 e. The molecule has 58 valence electrons. The Morgan fingerprint density at radius 3 is 1.67 bits per heavy atom. The molecule has 0 bridgehead atoms. The summed E-state index contributed by atoms with van der Waals surface area (Å²) in [5.74, 6) is -0.995. The Labute approximate surface area is 55.1 Å². The minimum absolute atomic E-state index is 0. The van der Waals surface area contributed by atoms with E-state index in [0.717, 1.165) is 0 Å². The van der Waals surface area contributed by atoms with Crippen LogP contribution in [0.4, 0.5) is 0 Å². The largest absolute Gasteiger partial charge is 0.550 e. The number of hydrogen-bond acceptors (Lipinski definition) is 3. The van der Waals surface area contributed by atoms with Gasteiger partial charge in [-0.3, -0.25) is 0 Å². The lowest BCUT2D eigenvalue weighted by atomic mass is 10.5. The maximum atomic E-state index is 9.26. The van der Waals surface area contributed by atoms with Gasteiger partial charge in [-0.25, -0.2) is 0 Å². The third-order valence-corrected chi connectivity index (χ3v) is 0.289.